The van der Waals surface area contributed by atoms with E-state index in [2.05, 4.69) is 0 Å². The molecule has 35 valence electrons. The first-order chi connectivity index (χ1) is 1.41. The summed E-state index contributed by atoms with van der Waals surface area (Å²) >= 11 is 0. The van der Waals surface area contributed by atoms with Gasteiger partial charge in [0.25, 0.3) is 0 Å². The van der Waals surface area contributed by atoms with E-state index >= 15 is 0 Å². The molecule has 1 radical (unpaired) electrons. The molecule has 0 aromatic heterocycles. The van der Waals surface area contributed by atoms with E-state index < -0.39 is 0 Å². The first-order valence-corrected chi connectivity index (χ1v) is 0.911. The van der Waals surface area contributed by atoms with Crippen molar-refractivity contribution < 1.29 is 31.1 Å². The summed E-state index contributed by atoms with van der Waals surface area (Å²) in [6.45, 7) is 6.50. The zero-order valence-electron chi connectivity index (χ0n) is 4.65. The molecule has 0 aromatic carbocycles. The zero-order chi connectivity index (χ0) is 2.71. The summed E-state index contributed by atoms with van der Waals surface area (Å²) in [5.41, 5.74) is 0. The third-order valence-corrected chi connectivity index (χ3v) is 0. The van der Waals surface area contributed by atoms with Crippen LogP contribution < -0.4 is 0 Å². The molecule has 0 rings (SSSR count). The van der Waals surface area contributed by atoms with E-state index in [9.17, 15) is 0 Å². The first-order valence-electron chi connectivity index (χ1n) is 0.911. The minimum Gasteiger partial charge on any atom is -0.518 e. The van der Waals surface area contributed by atoms with Gasteiger partial charge in [-0.25, -0.2) is 0 Å². The Morgan fingerprint density at radius 2 is 1.33 bits per heavy atom. The van der Waals surface area contributed by atoms with Crippen LogP contribution in [0.15, 0.2) is 6.08 Å². The van der Waals surface area contributed by atoms with Gasteiger partial charge in [-0.3, -0.25) is 6.08 Å². The number of hydrogen-bond acceptors (Lipinski definition) is 0. The predicted octanol–water partition coefficient (Wildman–Crippen LogP) is 1.90. The average molecular weight is 309 g/mol. The van der Waals surface area contributed by atoms with Crippen molar-refractivity contribution in [3.8, 4) is 0 Å². The molecule has 0 unspecified atom stereocenters. The summed E-state index contributed by atoms with van der Waals surface area (Å²) in [7, 11) is 0. The van der Waals surface area contributed by atoms with Gasteiger partial charge >= 0.3 is 31.1 Å². The molecule has 0 aliphatic heterocycles. The summed E-state index contributed by atoms with van der Waals surface area (Å²) in [6, 6.07) is 0. The van der Waals surface area contributed by atoms with Crippen LogP contribution in [0.3, 0.4) is 0 Å². The van der Waals surface area contributed by atoms with Gasteiger partial charge in [0.05, 0.1) is 0 Å². The van der Waals surface area contributed by atoms with Crippen molar-refractivity contribution in [2.24, 2.45) is 0 Å². The van der Waals surface area contributed by atoms with Gasteiger partial charge in [0.2, 0.25) is 0 Å². The normalized spacial score (nSPS) is 2.17. The summed E-state index contributed by atoms with van der Waals surface area (Å²) in [5, 5.41) is 0. The molecule has 0 heterocycles. The van der Waals surface area contributed by atoms with Gasteiger partial charge in [0.15, 0.2) is 0 Å². The first kappa shape index (κ1) is 29.2. The van der Waals surface area contributed by atoms with Crippen molar-refractivity contribution in [2.75, 3.05) is 0 Å². The van der Waals surface area contributed by atoms with Gasteiger partial charge in [-0.05, 0) is 0 Å². The Kier molecular flexibility index (Phi) is 202. The molecule has 0 aliphatic rings. The Hall–Kier alpha value is 0.792. The van der Waals surface area contributed by atoms with Crippen LogP contribution in [-0.4, -0.2) is 0 Å². The molecule has 0 amide bonds. The molecular weight excluding hydrogens is 298 g/mol. The van der Waals surface area contributed by atoms with Crippen molar-refractivity contribution in [2.45, 2.75) is 6.92 Å². The van der Waals surface area contributed by atoms with Gasteiger partial charge in [-0.2, -0.15) is 0 Å². The fraction of sp³-hybridized carbons (Fsp3) is 0.200. The summed E-state index contributed by atoms with van der Waals surface area (Å²) in [6.07, 6.45) is 1.50. The van der Waals surface area contributed by atoms with Crippen LogP contribution in [0.2, 0.25) is 0 Å². The van der Waals surface area contributed by atoms with Crippen LogP contribution in [-0.2, 0) is 0 Å². The monoisotopic (exact) mass is 309 g/mol. The van der Waals surface area contributed by atoms with Crippen LogP contribution in [0, 0.1) is 52.5 Å². The predicted molar refractivity (Wildman–Crippen MR) is 27.4 cm³/mol. The van der Waals surface area contributed by atoms with Crippen molar-refractivity contribution in [1.29, 1.82) is 0 Å². The van der Waals surface area contributed by atoms with E-state index in [0.29, 0.717) is 0 Å². The van der Waals surface area contributed by atoms with Crippen LogP contribution >= 0.6 is 0 Å². The Balaban J connectivity index is -0.00000000667. The second-order valence-electron chi connectivity index (χ2n) is 0.333. The summed E-state index contributed by atoms with van der Waals surface area (Å²) in [5.74, 6) is 0. The molecule has 0 N–H and O–H groups in total. The summed E-state index contributed by atoms with van der Waals surface area (Å²) < 4.78 is 0. The van der Waals surface area contributed by atoms with E-state index in [1.54, 1.807) is 6.92 Å². The third-order valence-electron chi connectivity index (χ3n) is 0. The molecular formula is C5H11U. The minimum atomic E-state index is 0. The van der Waals surface area contributed by atoms with Crippen LogP contribution in [0.25, 0.3) is 0 Å². The minimum absolute atomic E-state index is 0. The fourth-order valence-electron chi connectivity index (χ4n) is 0. The topological polar surface area (TPSA) is 0 Å². The van der Waals surface area contributed by atoms with Crippen LogP contribution in [0.4, 0.5) is 0 Å². The molecule has 0 bridgehead atoms. The van der Waals surface area contributed by atoms with E-state index in [-0.39, 0.29) is 46.0 Å². The fourth-order valence-corrected chi connectivity index (χ4v) is 0. The van der Waals surface area contributed by atoms with Crippen molar-refractivity contribution in [3.05, 3.63) is 27.5 Å². The molecule has 0 nitrogen and oxygen atoms in total. The molecule has 0 aromatic rings. The van der Waals surface area contributed by atoms with Gasteiger partial charge in [-0.1, -0.05) is 6.92 Å². The van der Waals surface area contributed by atoms with Crippen molar-refractivity contribution in [3.63, 3.8) is 0 Å². The molecule has 0 aliphatic carbocycles. The summed E-state index contributed by atoms with van der Waals surface area (Å²) in [4.78, 5) is 0. The maximum atomic E-state index is 4.72. The molecule has 0 saturated carbocycles. The van der Waals surface area contributed by atoms with Gasteiger partial charge < -0.3 is 21.4 Å². The van der Waals surface area contributed by atoms with Crippen molar-refractivity contribution >= 4 is 0 Å². The van der Waals surface area contributed by atoms with Crippen molar-refractivity contribution in [1.82, 2.24) is 0 Å². The Morgan fingerprint density at radius 1 is 1.33 bits per heavy atom. The number of hydrogen-bond donors (Lipinski definition) is 0. The quantitative estimate of drug-likeness (QED) is 0.600. The second kappa shape index (κ2) is 41.4. The molecule has 0 spiro atoms. The van der Waals surface area contributed by atoms with Gasteiger partial charge in [0, 0.05) is 0 Å². The van der Waals surface area contributed by atoms with Gasteiger partial charge in [-0.15, -0.1) is 0 Å². The van der Waals surface area contributed by atoms with E-state index in [1.807, 2.05) is 0 Å². The molecule has 1 heteroatoms. The largest absolute Gasteiger partial charge is 3.00 e. The van der Waals surface area contributed by atoms with Gasteiger partial charge in [0.1, 0.15) is 0 Å². The zero-order valence-corrected chi connectivity index (χ0v) is 8.82. The smallest absolute Gasteiger partial charge is 0.518 e. The van der Waals surface area contributed by atoms with Crippen LogP contribution in [0.1, 0.15) is 6.92 Å². The standard InChI is InChI=1S/C3H5.2CH3.U/c1-3-2;;;/h1,3H,2H3;2*1H3;/q3*-1;+3. The molecule has 0 saturated heterocycles. The third kappa shape index (κ3) is 110. The maximum absolute atomic E-state index is 4.72. The maximum Gasteiger partial charge on any atom is 3.00 e. The average Bonchev–Trinajstić information content (AvgIpc) is 0.918. The van der Waals surface area contributed by atoms with E-state index in [4.69, 9.17) is 6.58 Å². The SMILES string of the molecule is [CH-]=CC.[CH3-].[CH3-].[U+3]. The molecule has 6 heavy (non-hydrogen) atoms. The Bertz CT molecular complexity index is 11.4. The number of rotatable bonds is 0. The number of allylic oxidation sites excluding steroid dienone is 1. The van der Waals surface area contributed by atoms with E-state index in [1.165, 1.54) is 6.08 Å². The second-order valence-corrected chi connectivity index (χ2v) is 0.333. The van der Waals surface area contributed by atoms with E-state index in [0.717, 1.165) is 0 Å². The molecule has 0 fully saturated rings. The Morgan fingerprint density at radius 3 is 1.33 bits per heavy atom. The van der Waals surface area contributed by atoms with Crippen LogP contribution in [0.5, 0.6) is 0 Å². The Labute approximate surface area is 65.4 Å². The molecule has 0 atom stereocenters.